The average molecular weight is 393 g/mol. The van der Waals surface area contributed by atoms with E-state index in [9.17, 15) is 4.79 Å². The fraction of sp³-hybridized carbons (Fsp3) is 0.0400. The van der Waals surface area contributed by atoms with Crippen LogP contribution in [0.25, 0.3) is 21.8 Å². The Labute approximate surface area is 173 Å². The Morgan fingerprint density at radius 2 is 1.70 bits per heavy atom. The number of amides is 1. The maximum atomic E-state index is 13.0. The number of aromatic nitrogens is 2. The van der Waals surface area contributed by atoms with Gasteiger partial charge in [0.15, 0.2) is 0 Å². The Morgan fingerprint density at radius 1 is 0.900 bits per heavy atom. The third-order valence-corrected chi connectivity index (χ3v) is 5.04. The molecule has 0 spiro atoms. The predicted octanol–water partition coefficient (Wildman–Crippen LogP) is 6.07. The highest BCUT2D eigenvalue weighted by molar-refractivity contribution is 6.13. The summed E-state index contributed by atoms with van der Waals surface area (Å²) in [6.45, 7) is 2.00. The summed E-state index contributed by atoms with van der Waals surface area (Å²) in [5, 5.41) is 5.60. The van der Waals surface area contributed by atoms with Gasteiger partial charge >= 0.3 is 0 Å². The van der Waals surface area contributed by atoms with Gasteiger partial charge in [0, 0.05) is 29.0 Å². The van der Waals surface area contributed by atoms with E-state index in [1.54, 1.807) is 6.20 Å². The molecule has 0 unspecified atom stereocenters. The number of nitrogens with zero attached hydrogens (tertiary/aromatic N) is 1. The molecule has 146 valence electrons. The summed E-state index contributed by atoms with van der Waals surface area (Å²) in [4.78, 5) is 20.4. The van der Waals surface area contributed by atoms with E-state index in [1.165, 1.54) is 0 Å². The van der Waals surface area contributed by atoms with Crippen molar-refractivity contribution in [1.82, 2.24) is 9.97 Å². The molecule has 3 aromatic carbocycles. The summed E-state index contributed by atoms with van der Waals surface area (Å²) in [5.74, 6) is 1.25. The minimum Gasteiger partial charge on any atom is -0.456 e. The van der Waals surface area contributed by atoms with Gasteiger partial charge in [-0.2, -0.15) is 0 Å². The minimum atomic E-state index is -0.153. The van der Waals surface area contributed by atoms with E-state index in [0.29, 0.717) is 17.1 Å². The molecule has 5 aromatic rings. The number of aryl methyl sites for hydroxylation is 1. The molecule has 30 heavy (non-hydrogen) atoms. The number of hydrogen-bond acceptors (Lipinski definition) is 3. The lowest BCUT2D eigenvalue weighted by atomic mass is 10.0. The first-order valence-corrected chi connectivity index (χ1v) is 9.69. The maximum Gasteiger partial charge on any atom is 0.256 e. The summed E-state index contributed by atoms with van der Waals surface area (Å²) in [6.07, 6.45) is 3.54. The summed E-state index contributed by atoms with van der Waals surface area (Å²) in [7, 11) is 0. The molecule has 0 atom stereocenters. The molecule has 0 saturated carbocycles. The van der Waals surface area contributed by atoms with Gasteiger partial charge in [-0.25, -0.2) is 4.98 Å². The topological polar surface area (TPSA) is 67.0 Å². The number of nitrogens with one attached hydrogen (secondary N) is 2. The lowest BCUT2D eigenvalue weighted by Gasteiger charge is -2.12. The summed E-state index contributed by atoms with van der Waals surface area (Å²) >= 11 is 0. The van der Waals surface area contributed by atoms with Gasteiger partial charge in [-0.1, -0.05) is 36.4 Å². The van der Waals surface area contributed by atoms with Crippen LogP contribution in [-0.2, 0) is 0 Å². The Balaban J connectivity index is 1.53. The first-order chi connectivity index (χ1) is 14.7. The molecule has 0 aliphatic heterocycles. The van der Waals surface area contributed by atoms with Crippen LogP contribution in [0.2, 0.25) is 0 Å². The van der Waals surface area contributed by atoms with Crippen LogP contribution < -0.4 is 10.1 Å². The first kappa shape index (κ1) is 17.9. The summed E-state index contributed by atoms with van der Waals surface area (Å²) in [6, 6.07) is 22.9. The van der Waals surface area contributed by atoms with Crippen LogP contribution in [0.3, 0.4) is 0 Å². The lowest BCUT2D eigenvalue weighted by Crippen LogP contribution is -2.12. The van der Waals surface area contributed by atoms with Crippen LogP contribution in [0.4, 0.5) is 5.69 Å². The number of fused-ring (bicyclic) bond motifs is 2. The number of H-pyrrole nitrogens is 1. The number of aromatic amines is 1. The average Bonchev–Trinajstić information content (AvgIpc) is 3.23. The zero-order valence-corrected chi connectivity index (χ0v) is 16.3. The monoisotopic (exact) mass is 393 g/mol. The third-order valence-electron chi connectivity index (χ3n) is 5.04. The van der Waals surface area contributed by atoms with Crippen molar-refractivity contribution in [2.45, 2.75) is 6.92 Å². The Morgan fingerprint density at radius 3 is 2.60 bits per heavy atom. The number of ether oxygens (including phenoxy) is 1. The number of hydrogen-bond donors (Lipinski definition) is 2. The van der Waals surface area contributed by atoms with E-state index < -0.39 is 0 Å². The molecule has 0 bridgehead atoms. The van der Waals surface area contributed by atoms with Gasteiger partial charge in [-0.15, -0.1) is 0 Å². The molecule has 5 nitrogen and oxygen atoms in total. The highest BCUT2D eigenvalue weighted by Gasteiger charge is 2.14. The van der Waals surface area contributed by atoms with Crippen LogP contribution >= 0.6 is 0 Å². The van der Waals surface area contributed by atoms with Crippen LogP contribution in [0.15, 0.2) is 85.2 Å². The molecule has 0 fully saturated rings. The second-order valence-electron chi connectivity index (χ2n) is 7.13. The Hall–Kier alpha value is -4.12. The molecular formula is C25H19N3O2. The first-order valence-electron chi connectivity index (χ1n) is 9.69. The zero-order valence-electron chi connectivity index (χ0n) is 16.3. The molecule has 5 rings (SSSR count). The number of carbonyl (C=O) groups is 1. The van der Waals surface area contributed by atoms with E-state index in [-0.39, 0.29) is 5.91 Å². The number of benzene rings is 3. The lowest BCUT2D eigenvalue weighted by molar-refractivity contribution is 0.102. The second kappa shape index (κ2) is 7.37. The maximum absolute atomic E-state index is 13.0. The van der Waals surface area contributed by atoms with E-state index in [2.05, 4.69) is 15.3 Å². The van der Waals surface area contributed by atoms with Crippen molar-refractivity contribution in [3.63, 3.8) is 0 Å². The molecule has 0 aliphatic carbocycles. The predicted molar refractivity (Wildman–Crippen MR) is 119 cm³/mol. The van der Waals surface area contributed by atoms with Gasteiger partial charge < -0.3 is 15.0 Å². The molecule has 2 aromatic heterocycles. The summed E-state index contributed by atoms with van der Waals surface area (Å²) in [5.41, 5.74) is 3.23. The molecule has 2 heterocycles. The van der Waals surface area contributed by atoms with Crippen molar-refractivity contribution < 1.29 is 9.53 Å². The quantitative estimate of drug-likeness (QED) is 0.389. The van der Waals surface area contributed by atoms with Gasteiger partial charge in [-0.3, -0.25) is 4.79 Å². The molecule has 0 radical (unpaired) electrons. The highest BCUT2D eigenvalue weighted by atomic mass is 16.5. The van der Waals surface area contributed by atoms with E-state index in [0.717, 1.165) is 33.1 Å². The largest absolute Gasteiger partial charge is 0.456 e. The van der Waals surface area contributed by atoms with Crippen molar-refractivity contribution in [2.24, 2.45) is 0 Å². The number of pyridine rings is 1. The molecule has 0 aliphatic rings. The van der Waals surface area contributed by atoms with Crippen molar-refractivity contribution in [3.8, 4) is 11.5 Å². The minimum absolute atomic E-state index is 0.153. The SMILES string of the molecule is Cc1cccc(NC(=O)c2cccc3c(Oc4ccnc5[nH]ccc45)cccc23)c1. The Kier molecular flexibility index (Phi) is 4.41. The van der Waals surface area contributed by atoms with E-state index in [1.807, 2.05) is 85.9 Å². The fourth-order valence-corrected chi connectivity index (χ4v) is 3.63. The van der Waals surface area contributed by atoms with Crippen molar-refractivity contribution in [3.05, 3.63) is 96.3 Å². The van der Waals surface area contributed by atoms with Gasteiger partial charge in [0.05, 0.1) is 5.39 Å². The molecule has 2 N–H and O–H groups in total. The van der Waals surface area contributed by atoms with E-state index in [4.69, 9.17) is 4.74 Å². The zero-order chi connectivity index (χ0) is 20.5. The van der Waals surface area contributed by atoms with Crippen LogP contribution in [0.1, 0.15) is 15.9 Å². The van der Waals surface area contributed by atoms with Gasteiger partial charge in [0.2, 0.25) is 0 Å². The third kappa shape index (κ3) is 3.26. The van der Waals surface area contributed by atoms with Gasteiger partial charge in [0.1, 0.15) is 17.1 Å². The smallest absolute Gasteiger partial charge is 0.256 e. The molecule has 0 saturated heterocycles. The molecule has 5 heteroatoms. The molecule has 1 amide bonds. The van der Waals surface area contributed by atoms with Crippen molar-refractivity contribution in [2.75, 3.05) is 5.32 Å². The van der Waals surface area contributed by atoms with Gasteiger partial charge in [0.25, 0.3) is 5.91 Å². The summed E-state index contributed by atoms with van der Waals surface area (Å²) < 4.78 is 6.24. The fourth-order valence-electron chi connectivity index (χ4n) is 3.63. The normalized spacial score (nSPS) is 11.0. The second-order valence-corrected chi connectivity index (χ2v) is 7.13. The van der Waals surface area contributed by atoms with Crippen molar-refractivity contribution in [1.29, 1.82) is 0 Å². The van der Waals surface area contributed by atoms with E-state index >= 15 is 0 Å². The van der Waals surface area contributed by atoms with Crippen LogP contribution in [0, 0.1) is 6.92 Å². The molecular weight excluding hydrogens is 374 g/mol. The van der Waals surface area contributed by atoms with Gasteiger partial charge in [-0.05, 0) is 54.3 Å². The highest BCUT2D eigenvalue weighted by Crippen LogP contribution is 2.34. The Bertz CT molecular complexity index is 1390. The van der Waals surface area contributed by atoms with Crippen LogP contribution in [0.5, 0.6) is 11.5 Å². The number of anilines is 1. The standard InChI is InChI=1S/C25H19N3O2/c1-16-5-2-6-17(15-16)28-25(29)20-9-3-8-19-18(20)7-4-10-22(19)30-23-12-14-27-24-21(23)11-13-26-24/h2-15H,1H3,(H,26,27)(H,28,29). The van der Waals surface area contributed by atoms with Crippen LogP contribution in [-0.4, -0.2) is 15.9 Å². The number of carbonyl (C=O) groups excluding carboxylic acids is 1. The number of rotatable bonds is 4. The van der Waals surface area contributed by atoms with Crippen molar-refractivity contribution >= 4 is 33.4 Å².